The molecular formula is C17H26N4O2. The second kappa shape index (κ2) is 7.19. The summed E-state index contributed by atoms with van der Waals surface area (Å²) in [4.78, 5) is 7.02. The van der Waals surface area contributed by atoms with Crippen LogP contribution in [0.4, 0.5) is 0 Å². The fourth-order valence-electron chi connectivity index (χ4n) is 2.96. The zero-order chi connectivity index (χ0) is 16.2. The van der Waals surface area contributed by atoms with E-state index in [1.54, 1.807) is 0 Å². The SMILES string of the molecule is CN(C)CCCn1c(CCCN)nc2cc3c(cc21)OCCO3. The molecule has 0 aliphatic carbocycles. The Morgan fingerprint density at radius 1 is 1.17 bits per heavy atom. The van der Waals surface area contributed by atoms with Gasteiger partial charge < -0.3 is 24.7 Å². The highest BCUT2D eigenvalue weighted by Gasteiger charge is 2.17. The van der Waals surface area contributed by atoms with Gasteiger partial charge in [0.1, 0.15) is 19.0 Å². The monoisotopic (exact) mass is 318 g/mol. The molecule has 6 nitrogen and oxygen atoms in total. The van der Waals surface area contributed by atoms with Gasteiger partial charge in [0.05, 0.1) is 11.0 Å². The maximum absolute atomic E-state index is 5.73. The van der Waals surface area contributed by atoms with E-state index in [1.807, 2.05) is 6.07 Å². The molecule has 0 saturated heterocycles. The lowest BCUT2D eigenvalue weighted by atomic mass is 10.2. The number of aromatic nitrogens is 2. The van der Waals surface area contributed by atoms with E-state index in [9.17, 15) is 0 Å². The van der Waals surface area contributed by atoms with Crippen molar-refractivity contribution < 1.29 is 9.47 Å². The molecule has 0 atom stereocenters. The van der Waals surface area contributed by atoms with E-state index in [2.05, 4.69) is 29.6 Å². The molecule has 2 N–H and O–H groups in total. The van der Waals surface area contributed by atoms with Crippen molar-refractivity contribution in [1.82, 2.24) is 14.5 Å². The lowest BCUT2D eigenvalue weighted by Crippen LogP contribution is -2.16. The Morgan fingerprint density at radius 2 is 1.91 bits per heavy atom. The number of ether oxygens (including phenoxy) is 2. The van der Waals surface area contributed by atoms with Crippen LogP contribution in [0.15, 0.2) is 12.1 Å². The summed E-state index contributed by atoms with van der Waals surface area (Å²) in [6.07, 6.45) is 2.94. The van der Waals surface area contributed by atoms with Crippen LogP contribution in [0.3, 0.4) is 0 Å². The molecule has 1 aliphatic rings. The van der Waals surface area contributed by atoms with Crippen molar-refractivity contribution in [2.75, 3.05) is 40.4 Å². The summed E-state index contributed by atoms with van der Waals surface area (Å²) < 4.78 is 13.7. The van der Waals surface area contributed by atoms with Crippen LogP contribution in [0, 0.1) is 0 Å². The first-order chi connectivity index (χ1) is 11.2. The van der Waals surface area contributed by atoms with E-state index in [-0.39, 0.29) is 0 Å². The maximum atomic E-state index is 5.73. The third-order valence-electron chi connectivity index (χ3n) is 4.08. The number of fused-ring (bicyclic) bond motifs is 2. The summed E-state index contributed by atoms with van der Waals surface area (Å²) in [5, 5.41) is 0. The Balaban J connectivity index is 1.94. The molecule has 0 unspecified atom stereocenters. The Kier molecular flexibility index (Phi) is 5.03. The number of aryl methyl sites for hydroxylation is 2. The van der Waals surface area contributed by atoms with Gasteiger partial charge in [-0.1, -0.05) is 0 Å². The van der Waals surface area contributed by atoms with Crippen LogP contribution >= 0.6 is 0 Å². The Morgan fingerprint density at radius 3 is 2.61 bits per heavy atom. The first-order valence-electron chi connectivity index (χ1n) is 8.32. The van der Waals surface area contributed by atoms with Crippen molar-refractivity contribution in [1.29, 1.82) is 0 Å². The van der Waals surface area contributed by atoms with Crippen molar-refractivity contribution in [3.8, 4) is 11.5 Å². The molecule has 0 bridgehead atoms. The van der Waals surface area contributed by atoms with Gasteiger partial charge in [0.15, 0.2) is 11.5 Å². The average Bonchev–Trinajstić information content (AvgIpc) is 2.87. The van der Waals surface area contributed by atoms with Gasteiger partial charge in [0, 0.05) is 25.1 Å². The van der Waals surface area contributed by atoms with Crippen LogP contribution in [0.1, 0.15) is 18.7 Å². The number of benzene rings is 1. The molecule has 6 heteroatoms. The van der Waals surface area contributed by atoms with Gasteiger partial charge in [-0.05, 0) is 40.0 Å². The summed E-state index contributed by atoms with van der Waals surface area (Å²) in [7, 11) is 4.20. The lowest BCUT2D eigenvalue weighted by molar-refractivity contribution is 0.172. The van der Waals surface area contributed by atoms with Crippen LogP contribution in [0.2, 0.25) is 0 Å². The summed E-state index contributed by atoms with van der Waals surface area (Å²) >= 11 is 0. The summed E-state index contributed by atoms with van der Waals surface area (Å²) in [6.45, 7) is 3.90. The first kappa shape index (κ1) is 16.1. The molecule has 1 aliphatic heterocycles. The summed E-state index contributed by atoms with van der Waals surface area (Å²) in [5.41, 5.74) is 7.78. The second-order valence-corrected chi connectivity index (χ2v) is 6.21. The summed E-state index contributed by atoms with van der Waals surface area (Å²) in [5.74, 6) is 2.72. The van der Waals surface area contributed by atoms with Crippen molar-refractivity contribution >= 4 is 11.0 Å². The highest BCUT2D eigenvalue weighted by Crippen LogP contribution is 2.35. The van der Waals surface area contributed by atoms with E-state index in [1.165, 1.54) is 0 Å². The lowest BCUT2D eigenvalue weighted by Gasteiger charge is -2.18. The van der Waals surface area contributed by atoms with Crippen LogP contribution in [-0.4, -0.2) is 54.8 Å². The molecule has 3 rings (SSSR count). The number of hydrogen-bond donors (Lipinski definition) is 1. The highest BCUT2D eigenvalue weighted by molar-refractivity contribution is 5.80. The number of nitrogens with zero attached hydrogens (tertiary/aromatic N) is 3. The third kappa shape index (κ3) is 3.59. The topological polar surface area (TPSA) is 65.5 Å². The van der Waals surface area contributed by atoms with E-state index in [0.29, 0.717) is 19.8 Å². The molecule has 23 heavy (non-hydrogen) atoms. The molecule has 0 saturated carbocycles. The van der Waals surface area contributed by atoms with Crippen molar-refractivity contribution in [2.24, 2.45) is 5.73 Å². The van der Waals surface area contributed by atoms with Gasteiger partial charge in [-0.3, -0.25) is 0 Å². The highest BCUT2D eigenvalue weighted by atomic mass is 16.6. The van der Waals surface area contributed by atoms with Crippen molar-refractivity contribution in [2.45, 2.75) is 25.8 Å². The van der Waals surface area contributed by atoms with Gasteiger partial charge in [-0.2, -0.15) is 0 Å². The van der Waals surface area contributed by atoms with Crippen LogP contribution < -0.4 is 15.2 Å². The molecule has 126 valence electrons. The summed E-state index contributed by atoms with van der Waals surface area (Å²) in [6, 6.07) is 4.07. The second-order valence-electron chi connectivity index (χ2n) is 6.21. The molecule has 0 spiro atoms. The number of imidazole rings is 1. The predicted octanol–water partition coefficient (Wildman–Crippen LogP) is 1.65. The molecular weight excluding hydrogens is 292 g/mol. The number of hydrogen-bond acceptors (Lipinski definition) is 5. The molecule has 2 heterocycles. The fourth-order valence-corrected chi connectivity index (χ4v) is 2.96. The van der Waals surface area contributed by atoms with Crippen LogP contribution in [0.25, 0.3) is 11.0 Å². The fraction of sp³-hybridized carbons (Fsp3) is 0.588. The maximum Gasteiger partial charge on any atom is 0.163 e. The number of rotatable bonds is 7. The predicted molar refractivity (Wildman–Crippen MR) is 91.3 cm³/mol. The van der Waals surface area contributed by atoms with Crippen molar-refractivity contribution in [3.05, 3.63) is 18.0 Å². The Hall–Kier alpha value is -1.79. The van der Waals surface area contributed by atoms with Crippen LogP contribution in [0.5, 0.6) is 11.5 Å². The quantitative estimate of drug-likeness (QED) is 0.841. The van der Waals surface area contributed by atoms with Gasteiger partial charge >= 0.3 is 0 Å². The van der Waals surface area contributed by atoms with E-state index in [0.717, 1.165) is 60.7 Å². The van der Waals surface area contributed by atoms with Gasteiger partial charge in [0.25, 0.3) is 0 Å². The molecule has 1 aromatic carbocycles. The Bertz CT molecular complexity index is 666. The largest absolute Gasteiger partial charge is 0.486 e. The third-order valence-corrected chi connectivity index (χ3v) is 4.08. The first-order valence-corrected chi connectivity index (χ1v) is 8.32. The molecule has 1 aromatic heterocycles. The van der Waals surface area contributed by atoms with Gasteiger partial charge in [-0.15, -0.1) is 0 Å². The Labute approximate surface area is 137 Å². The standard InChI is InChI=1S/C17H26N4O2/c1-20(2)7-4-8-21-14-12-16-15(22-9-10-23-16)11-13(14)19-17(21)5-3-6-18/h11-12H,3-10,18H2,1-2H3. The minimum atomic E-state index is 0.599. The zero-order valence-electron chi connectivity index (χ0n) is 14.0. The van der Waals surface area contributed by atoms with Gasteiger partial charge in [-0.25, -0.2) is 4.98 Å². The minimum absolute atomic E-state index is 0.599. The number of nitrogens with two attached hydrogens (primary N) is 1. The smallest absolute Gasteiger partial charge is 0.163 e. The molecule has 2 aromatic rings. The van der Waals surface area contributed by atoms with E-state index in [4.69, 9.17) is 20.2 Å². The normalized spacial score (nSPS) is 13.9. The van der Waals surface area contributed by atoms with E-state index < -0.39 is 0 Å². The zero-order valence-corrected chi connectivity index (χ0v) is 14.0. The minimum Gasteiger partial charge on any atom is -0.486 e. The molecule has 0 radical (unpaired) electrons. The average molecular weight is 318 g/mol. The molecule has 0 fully saturated rings. The van der Waals surface area contributed by atoms with Crippen molar-refractivity contribution in [3.63, 3.8) is 0 Å². The molecule has 0 amide bonds. The van der Waals surface area contributed by atoms with Crippen LogP contribution in [-0.2, 0) is 13.0 Å². The van der Waals surface area contributed by atoms with E-state index >= 15 is 0 Å². The van der Waals surface area contributed by atoms with Gasteiger partial charge in [0.2, 0.25) is 0 Å².